The highest BCUT2D eigenvalue weighted by molar-refractivity contribution is 5.98. The number of carbonyl (C=O) groups excluding carboxylic acids is 1. The van der Waals surface area contributed by atoms with Crippen molar-refractivity contribution in [2.24, 2.45) is 11.1 Å². The summed E-state index contributed by atoms with van der Waals surface area (Å²) in [5.41, 5.74) is 7.38. The summed E-state index contributed by atoms with van der Waals surface area (Å²) in [6.07, 6.45) is 0.937. The van der Waals surface area contributed by atoms with Gasteiger partial charge in [-0.3, -0.25) is 4.79 Å². The first kappa shape index (κ1) is 15.6. The third-order valence-corrected chi connectivity index (χ3v) is 3.71. The van der Waals surface area contributed by atoms with Crippen LogP contribution in [0, 0.1) is 5.41 Å². The Balaban J connectivity index is 2.25. The van der Waals surface area contributed by atoms with Gasteiger partial charge in [-0.15, -0.1) is 0 Å². The molecular formula is C17H25N3O. The molecule has 2 rings (SSSR count). The Morgan fingerprint density at radius 3 is 2.67 bits per heavy atom. The number of benzene rings is 1. The first-order valence-corrected chi connectivity index (χ1v) is 7.54. The molecule has 0 unspecified atom stereocenters. The van der Waals surface area contributed by atoms with Crippen LogP contribution in [-0.2, 0) is 0 Å². The normalized spacial score (nSPS) is 11.8. The molecule has 4 heteroatoms. The number of hydrogen-bond acceptors (Lipinski definition) is 2. The number of aromatic amines is 1. The van der Waals surface area contributed by atoms with Crippen LogP contribution >= 0.6 is 0 Å². The van der Waals surface area contributed by atoms with Crippen molar-refractivity contribution < 1.29 is 4.79 Å². The van der Waals surface area contributed by atoms with Gasteiger partial charge in [0.1, 0.15) is 5.69 Å². The molecule has 114 valence electrons. The predicted octanol–water partition coefficient (Wildman–Crippen LogP) is 3.01. The van der Waals surface area contributed by atoms with Gasteiger partial charge in [0.05, 0.1) is 0 Å². The number of nitrogens with zero attached hydrogens (tertiary/aromatic N) is 1. The zero-order valence-electron chi connectivity index (χ0n) is 13.1. The van der Waals surface area contributed by atoms with Gasteiger partial charge in [0, 0.05) is 24.0 Å². The molecule has 0 aliphatic carbocycles. The summed E-state index contributed by atoms with van der Waals surface area (Å²) in [6.45, 7) is 8.25. The van der Waals surface area contributed by atoms with Crippen LogP contribution in [0.2, 0.25) is 0 Å². The molecule has 0 saturated heterocycles. The Hall–Kier alpha value is -1.81. The van der Waals surface area contributed by atoms with E-state index in [1.165, 1.54) is 0 Å². The maximum atomic E-state index is 12.8. The fraction of sp³-hybridized carbons (Fsp3) is 0.471. The summed E-state index contributed by atoms with van der Waals surface area (Å²) < 4.78 is 0. The van der Waals surface area contributed by atoms with E-state index in [4.69, 9.17) is 5.73 Å². The fourth-order valence-electron chi connectivity index (χ4n) is 2.46. The van der Waals surface area contributed by atoms with Gasteiger partial charge in [-0.2, -0.15) is 0 Å². The monoisotopic (exact) mass is 287 g/mol. The van der Waals surface area contributed by atoms with Gasteiger partial charge < -0.3 is 15.6 Å². The van der Waals surface area contributed by atoms with Crippen molar-refractivity contribution in [2.45, 2.75) is 27.2 Å². The molecule has 0 radical (unpaired) electrons. The number of hydrogen-bond donors (Lipinski definition) is 2. The van der Waals surface area contributed by atoms with Gasteiger partial charge >= 0.3 is 0 Å². The number of nitrogens with two attached hydrogens (primary N) is 1. The number of nitrogens with one attached hydrogen (secondary N) is 1. The van der Waals surface area contributed by atoms with Gasteiger partial charge in [-0.1, -0.05) is 39.0 Å². The fourth-order valence-corrected chi connectivity index (χ4v) is 2.46. The molecule has 0 aliphatic rings. The lowest BCUT2D eigenvalue weighted by Crippen LogP contribution is -2.42. The third-order valence-electron chi connectivity index (χ3n) is 3.71. The molecule has 21 heavy (non-hydrogen) atoms. The summed E-state index contributed by atoms with van der Waals surface area (Å²) >= 11 is 0. The molecule has 4 nitrogen and oxygen atoms in total. The van der Waals surface area contributed by atoms with E-state index in [0.717, 1.165) is 23.9 Å². The molecule has 3 N–H and O–H groups in total. The Kier molecular flexibility index (Phi) is 4.68. The highest BCUT2D eigenvalue weighted by Gasteiger charge is 2.24. The molecule has 0 saturated carbocycles. The molecular weight excluding hydrogens is 262 g/mol. The largest absolute Gasteiger partial charge is 0.351 e. The summed E-state index contributed by atoms with van der Waals surface area (Å²) in [5.74, 6) is 0.0505. The van der Waals surface area contributed by atoms with E-state index in [0.29, 0.717) is 18.8 Å². The highest BCUT2D eigenvalue weighted by Crippen LogP contribution is 2.20. The zero-order chi connectivity index (χ0) is 15.5. The summed E-state index contributed by atoms with van der Waals surface area (Å²) in [6, 6.07) is 9.87. The number of para-hydroxylation sites is 1. The maximum Gasteiger partial charge on any atom is 0.270 e. The second-order valence-corrected chi connectivity index (χ2v) is 6.37. The number of amides is 1. The summed E-state index contributed by atoms with van der Waals surface area (Å²) in [5, 5.41) is 1.07. The highest BCUT2D eigenvalue weighted by atomic mass is 16.2. The van der Waals surface area contributed by atoms with E-state index in [1.807, 2.05) is 35.2 Å². The van der Waals surface area contributed by atoms with E-state index in [-0.39, 0.29) is 11.3 Å². The average molecular weight is 287 g/mol. The number of carbonyl (C=O) groups is 1. The summed E-state index contributed by atoms with van der Waals surface area (Å²) in [7, 11) is 0. The molecule has 2 aromatic rings. The quantitative estimate of drug-likeness (QED) is 0.858. The minimum Gasteiger partial charge on any atom is -0.351 e. The number of fused-ring (bicyclic) bond motifs is 1. The van der Waals surface area contributed by atoms with Crippen LogP contribution in [0.4, 0.5) is 0 Å². The zero-order valence-corrected chi connectivity index (χ0v) is 13.1. The molecule has 1 amide bonds. The van der Waals surface area contributed by atoms with Gasteiger partial charge in [0.25, 0.3) is 5.91 Å². The van der Waals surface area contributed by atoms with Gasteiger partial charge in [-0.05, 0) is 30.5 Å². The van der Waals surface area contributed by atoms with E-state index in [1.54, 1.807) is 0 Å². The van der Waals surface area contributed by atoms with Gasteiger partial charge in [0.15, 0.2) is 0 Å². The van der Waals surface area contributed by atoms with Gasteiger partial charge in [0.2, 0.25) is 0 Å². The lowest BCUT2D eigenvalue weighted by molar-refractivity contribution is 0.0684. The first-order chi connectivity index (χ1) is 9.96. The minimum absolute atomic E-state index is 0.0505. The second-order valence-electron chi connectivity index (χ2n) is 6.37. The van der Waals surface area contributed by atoms with Crippen LogP contribution in [0.3, 0.4) is 0 Å². The molecule has 0 aliphatic heterocycles. The standard InChI is InChI=1S/C17H25N3O/c1-4-9-20(12-17(2,3)11-18)16(21)15-10-13-7-5-6-8-14(13)19-15/h5-8,10,19H,4,9,11-12,18H2,1-3H3. The second kappa shape index (κ2) is 6.31. The van der Waals surface area contributed by atoms with Crippen molar-refractivity contribution in [2.75, 3.05) is 19.6 Å². The molecule has 1 aromatic carbocycles. The molecule has 0 spiro atoms. The predicted molar refractivity (Wildman–Crippen MR) is 87.3 cm³/mol. The van der Waals surface area contributed by atoms with Crippen molar-refractivity contribution in [1.82, 2.24) is 9.88 Å². The minimum atomic E-state index is -0.0726. The van der Waals surface area contributed by atoms with E-state index < -0.39 is 0 Å². The third kappa shape index (κ3) is 3.64. The Bertz CT molecular complexity index is 582. The molecule has 1 aromatic heterocycles. The number of aromatic nitrogens is 1. The topological polar surface area (TPSA) is 62.1 Å². The SMILES string of the molecule is CCCN(CC(C)(C)CN)C(=O)c1cc2ccccc2[nH]1. The van der Waals surface area contributed by atoms with Crippen LogP contribution in [0.5, 0.6) is 0 Å². The van der Waals surface area contributed by atoms with E-state index in [9.17, 15) is 4.79 Å². The average Bonchev–Trinajstić information content (AvgIpc) is 2.89. The lowest BCUT2D eigenvalue weighted by Gasteiger charge is -2.31. The van der Waals surface area contributed by atoms with E-state index >= 15 is 0 Å². The van der Waals surface area contributed by atoms with Crippen molar-refractivity contribution in [1.29, 1.82) is 0 Å². The lowest BCUT2D eigenvalue weighted by atomic mass is 9.93. The molecule has 0 atom stereocenters. The molecule has 0 fully saturated rings. The van der Waals surface area contributed by atoms with Crippen LogP contribution in [0.15, 0.2) is 30.3 Å². The Morgan fingerprint density at radius 1 is 1.33 bits per heavy atom. The van der Waals surface area contributed by atoms with Crippen molar-refractivity contribution in [3.05, 3.63) is 36.0 Å². The number of rotatable bonds is 6. The maximum absolute atomic E-state index is 12.8. The molecule has 0 bridgehead atoms. The van der Waals surface area contributed by atoms with E-state index in [2.05, 4.69) is 25.8 Å². The summed E-state index contributed by atoms with van der Waals surface area (Å²) in [4.78, 5) is 17.9. The molecule has 1 heterocycles. The number of H-pyrrole nitrogens is 1. The van der Waals surface area contributed by atoms with Crippen molar-refractivity contribution in [3.8, 4) is 0 Å². The first-order valence-electron chi connectivity index (χ1n) is 7.54. The van der Waals surface area contributed by atoms with Crippen LogP contribution in [-0.4, -0.2) is 35.4 Å². The van der Waals surface area contributed by atoms with Crippen molar-refractivity contribution >= 4 is 16.8 Å². The van der Waals surface area contributed by atoms with Crippen LogP contribution in [0.1, 0.15) is 37.7 Å². The van der Waals surface area contributed by atoms with Gasteiger partial charge in [-0.25, -0.2) is 0 Å². The Morgan fingerprint density at radius 2 is 2.05 bits per heavy atom. The van der Waals surface area contributed by atoms with Crippen LogP contribution in [0.25, 0.3) is 10.9 Å². The smallest absolute Gasteiger partial charge is 0.270 e. The van der Waals surface area contributed by atoms with Crippen molar-refractivity contribution in [3.63, 3.8) is 0 Å². The Labute approximate surface area is 126 Å². The van der Waals surface area contributed by atoms with Crippen LogP contribution < -0.4 is 5.73 Å².